The second kappa shape index (κ2) is 7.12. The second-order valence-electron chi connectivity index (χ2n) is 7.74. The van der Waals surface area contributed by atoms with Gasteiger partial charge in [-0.15, -0.1) is 0 Å². The Labute approximate surface area is 177 Å². The summed E-state index contributed by atoms with van der Waals surface area (Å²) in [6.07, 6.45) is 1.35. The molecule has 1 aliphatic carbocycles. The van der Waals surface area contributed by atoms with Crippen molar-refractivity contribution in [3.8, 4) is 22.6 Å². The molecule has 3 aromatic rings. The van der Waals surface area contributed by atoms with Crippen LogP contribution in [0.4, 0.5) is 10.1 Å². The van der Waals surface area contributed by atoms with E-state index < -0.39 is 17.1 Å². The number of anilines is 1. The largest absolute Gasteiger partial charge is 0.454 e. The monoisotopic (exact) mass is 418 g/mol. The molecular weight excluding hydrogens is 399 g/mol. The molecule has 0 saturated heterocycles. The van der Waals surface area contributed by atoms with Crippen molar-refractivity contribution in [2.45, 2.75) is 18.3 Å². The third kappa shape index (κ3) is 3.38. The SMILES string of the molecule is NC(=O)c1ccc(-c2ccc(F)c(NC(=O)C3(c4ccc5c(c4)OCO5)CC3)c2)cc1. The Morgan fingerprint density at radius 3 is 2.32 bits per heavy atom. The molecule has 0 unspecified atom stereocenters. The van der Waals surface area contributed by atoms with E-state index in [1.807, 2.05) is 12.1 Å². The fourth-order valence-electron chi connectivity index (χ4n) is 3.84. The number of halogens is 1. The summed E-state index contributed by atoms with van der Waals surface area (Å²) in [5.41, 5.74) is 7.38. The number of fused-ring (bicyclic) bond motifs is 1. The number of nitrogens with one attached hydrogen (secondary N) is 1. The van der Waals surface area contributed by atoms with Crippen molar-refractivity contribution in [2.24, 2.45) is 5.73 Å². The summed E-state index contributed by atoms with van der Waals surface area (Å²) in [4.78, 5) is 24.4. The number of ether oxygens (including phenoxy) is 2. The van der Waals surface area contributed by atoms with Gasteiger partial charge in [-0.3, -0.25) is 9.59 Å². The molecular formula is C24H19FN2O4. The molecule has 156 valence electrons. The molecule has 3 N–H and O–H groups in total. The molecule has 2 amide bonds. The highest BCUT2D eigenvalue weighted by atomic mass is 19.1. The number of carbonyl (C=O) groups excluding carboxylic acids is 2. The number of amides is 2. The average molecular weight is 418 g/mol. The van der Waals surface area contributed by atoms with E-state index in [1.54, 1.807) is 42.5 Å². The molecule has 0 aromatic heterocycles. The molecule has 1 heterocycles. The number of nitrogens with two attached hydrogens (primary N) is 1. The Morgan fingerprint density at radius 2 is 1.61 bits per heavy atom. The predicted molar refractivity (Wildman–Crippen MR) is 112 cm³/mol. The van der Waals surface area contributed by atoms with Gasteiger partial charge in [-0.05, 0) is 65.9 Å². The van der Waals surface area contributed by atoms with E-state index in [0.717, 1.165) is 11.1 Å². The average Bonchev–Trinajstić information content (AvgIpc) is 3.46. The van der Waals surface area contributed by atoms with Crippen LogP contribution in [0.15, 0.2) is 60.7 Å². The smallest absolute Gasteiger partial charge is 0.248 e. The normalized spacial score (nSPS) is 15.4. The van der Waals surface area contributed by atoms with Crippen LogP contribution in [0, 0.1) is 5.82 Å². The van der Waals surface area contributed by atoms with Crippen molar-refractivity contribution in [3.63, 3.8) is 0 Å². The van der Waals surface area contributed by atoms with Crippen LogP contribution in [-0.4, -0.2) is 18.6 Å². The first-order valence-electron chi connectivity index (χ1n) is 9.88. The van der Waals surface area contributed by atoms with Gasteiger partial charge in [0.2, 0.25) is 18.6 Å². The molecule has 0 radical (unpaired) electrons. The highest BCUT2D eigenvalue weighted by Gasteiger charge is 2.51. The highest BCUT2D eigenvalue weighted by Crippen LogP contribution is 2.51. The van der Waals surface area contributed by atoms with Crippen molar-refractivity contribution in [1.29, 1.82) is 0 Å². The zero-order chi connectivity index (χ0) is 21.6. The molecule has 0 bridgehead atoms. The zero-order valence-electron chi connectivity index (χ0n) is 16.5. The second-order valence-corrected chi connectivity index (χ2v) is 7.74. The molecule has 1 saturated carbocycles. The summed E-state index contributed by atoms with van der Waals surface area (Å²) in [5, 5.41) is 2.76. The van der Waals surface area contributed by atoms with E-state index in [1.165, 1.54) is 6.07 Å². The number of benzene rings is 3. The molecule has 6 nitrogen and oxygen atoms in total. The summed E-state index contributed by atoms with van der Waals surface area (Å²) in [6.45, 7) is 0.163. The van der Waals surface area contributed by atoms with E-state index >= 15 is 0 Å². The minimum atomic E-state index is -0.702. The third-order valence-electron chi connectivity index (χ3n) is 5.83. The number of hydrogen-bond donors (Lipinski definition) is 2. The van der Waals surface area contributed by atoms with Crippen LogP contribution >= 0.6 is 0 Å². The van der Waals surface area contributed by atoms with Crippen LogP contribution in [0.25, 0.3) is 11.1 Å². The zero-order valence-corrected chi connectivity index (χ0v) is 16.5. The van der Waals surface area contributed by atoms with E-state index in [9.17, 15) is 14.0 Å². The molecule has 1 fully saturated rings. The van der Waals surface area contributed by atoms with Gasteiger partial charge in [0, 0.05) is 5.56 Å². The van der Waals surface area contributed by atoms with Crippen molar-refractivity contribution >= 4 is 17.5 Å². The first-order valence-corrected chi connectivity index (χ1v) is 9.88. The number of rotatable bonds is 5. The number of primary amides is 1. The lowest BCUT2D eigenvalue weighted by Gasteiger charge is -2.17. The Morgan fingerprint density at radius 1 is 0.903 bits per heavy atom. The maximum Gasteiger partial charge on any atom is 0.248 e. The van der Waals surface area contributed by atoms with E-state index in [4.69, 9.17) is 15.2 Å². The Hall–Kier alpha value is -3.87. The van der Waals surface area contributed by atoms with Crippen molar-refractivity contribution in [3.05, 3.63) is 77.6 Å². The van der Waals surface area contributed by atoms with Gasteiger partial charge in [-0.25, -0.2) is 4.39 Å². The summed E-state index contributed by atoms with van der Waals surface area (Å²) in [5.74, 6) is -0.0269. The Kier molecular flexibility index (Phi) is 4.39. The summed E-state index contributed by atoms with van der Waals surface area (Å²) in [6, 6.07) is 16.7. The lowest BCUT2D eigenvalue weighted by atomic mass is 9.94. The van der Waals surface area contributed by atoms with Crippen LogP contribution in [0.2, 0.25) is 0 Å². The number of carbonyl (C=O) groups is 2. The first kappa shape index (κ1) is 19.1. The molecule has 0 atom stereocenters. The van der Waals surface area contributed by atoms with Crippen LogP contribution < -0.4 is 20.5 Å². The van der Waals surface area contributed by atoms with Crippen LogP contribution in [0.1, 0.15) is 28.8 Å². The topological polar surface area (TPSA) is 90.7 Å². The lowest BCUT2D eigenvalue weighted by molar-refractivity contribution is -0.118. The van der Waals surface area contributed by atoms with Gasteiger partial charge in [0.25, 0.3) is 0 Å². The first-order chi connectivity index (χ1) is 15.0. The van der Waals surface area contributed by atoms with Gasteiger partial charge in [0.15, 0.2) is 11.5 Å². The maximum atomic E-state index is 14.5. The molecule has 31 heavy (non-hydrogen) atoms. The van der Waals surface area contributed by atoms with Crippen LogP contribution in [0.3, 0.4) is 0 Å². The number of hydrogen-bond acceptors (Lipinski definition) is 4. The Bertz CT molecular complexity index is 1200. The van der Waals surface area contributed by atoms with Crippen molar-refractivity contribution < 1.29 is 23.5 Å². The van der Waals surface area contributed by atoms with Crippen molar-refractivity contribution in [1.82, 2.24) is 0 Å². The van der Waals surface area contributed by atoms with Gasteiger partial charge in [0.1, 0.15) is 5.82 Å². The Balaban J connectivity index is 1.40. The molecule has 3 aromatic carbocycles. The molecule has 0 spiro atoms. The van der Waals surface area contributed by atoms with E-state index in [2.05, 4.69) is 5.32 Å². The summed E-state index contributed by atoms with van der Waals surface area (Å²) in [7, 11) is 0. The molecule has 2 aliphatic rings. The van der Waals surface area contributed by atoms with Gasteiger partial charge < -0.3 is 20.5 Å². The summed E-state index contributed by atoms with van der Waals surface area (Å²) < 4.78 is 25.3. The van der Waals surface area contributed by atoms with Crippen LogP contribution in [-0.2, 0) is 10.2 Å². The van der Waals surface area contributed by atoms with Gasteiger partial charge in [-0.1, -0.05) is 24.3 Å². The van der Waals surface area contributed by atoms with Gasteiger partial charge in [0.05, 0.1) is 11.1 Å². The van der Waals surface area contributed by atoms with Gasteiger partial charge >= 0.3 is 0 Å². The van der Waals surface area contributed by atoms with E-state index in [-0.39, 0.29) is 18.4 Å². The summed E-state index contributed by atoms with van der Waals surface area (Å²) >= 11 is 0. The predicted octanol–water partition coefficient (Wildman–Crippen LogP) is 3.99. The molecule has 5 rings (SSSR count). The molecule has 1 aliphatic heterocycles. The maximum absolute atomic E-state index is 14.5. The standard InChI is InChI=1S/C24H19FN2O4/c25-18-7-5-16(14-1-3-15(4-2-14)22(26)28)11-19(18)27-23(29)24(9-10-24)17-6-8-20-21(12-17)31-13-30-20/h1-8,11-12H,9-10,13H2,(H2,26,28)(H,27,29). The highest BCUT2D eigenvalue weighted by molar-refractivity contribution is 6.02. The fourth-order valence-corrected chi connectivity index (χ4v) is 3.84. The van der Waals surface area contributed by atoms with Gasteiger partial charge in [-0.2, -0.15) is 0 Å². The third-order valence-corrected chi connectivity index (χ3v) is 5.83. The quantitative estimate of drug-likeness (QED) is 0.656. The van der Waals surface area contributed by atoms with Crippen molar-refractivity contribution in [2.75, 3.05) is 12.1 Å². The lowest BCUT2D eigenvalue weighted by Crippen LogP contribution is -2.28. The van der Waals surface area contributed by atoms with Crippen LogP contribution in [0.5, 0.6) is 11.5 Å². The minimum absolute atomic E-state index is 0.105. The fraction of sp³-hybridized carbons (Fsp3) is 0.167. The van der Waals surface area contributed by atoms with E-state index in [0.29, 0.717) is 35.5 Å². The molecule has 7 heteroatoms. The minimum Gasteiger partial charge on any atom is -0.454 e.